The summed E-state index contributed by atoms with van der Waals surface area (Å²) in [6.45, 7) is 4.48. The molecule has 0 saturated carbocycles. The van der Waals surface area contributed by atoms with Crippen LogP contribution in [0.2, 0.25) is 10.0 Å². The zero-order valence-corrected chi connectivity index (χ0v) is 14.0. The Morgan fingerprint density at radius 3 is 2.45 bits per heavy atom. The Kier molecular flexibility index (Phi) is 5.69. The van der Waals surface area contributed by atoms with Gasteiger partial charge in [-0.15, -0.1) is 0 Å². The van der Waals surface area contributed by atoms with Gasteiger partial charge in [0.1, 0.15) is 0 Å². The lowest BCUT2D eigenvalue weighted by atomic mass is 10.2. The van der Waals surface area contributed by atoms with Gasteiger partial charge in [-0.1, -0.05) is 53.5 Å². The summed E-state index contributed by atoms with van der Waals surface area (Å²) in [6.07, 6.45) is 0. The number of carbonyl (C=O) groups is 1. The number of halogens is 2. The highest BCUT2D eigenvalue weighted by Gasteiger charge is 2.18. The molecule has 2 aromatic carbocycles. The normalized spacial score (nSPS) is 10.6. The topological polar surface area (TPSA) is 32.3 Å². The molecular weight excluding hydrogens is 319 g/mol. The molecule has 0 saturated heterocycles. The number of amides is 2. The zero-order chi connectivity index (χ0) is 16.1. The highest BCUT2D eigenvalue weighted by atomic mass is 35.5. The van der Waals surface area contributed by atoms with Gasteiger partial charge in [-0.05, 0) is 37.6 Å². The van der Waals surface area contributed by atoms with Gasteiger partial charge in [-0.25, -0.2) is 4.79 Å². The van der Waals surface area contributed by atoms with Crippen LogP contribution in [0.25, 0.3) is 0 Å². The van der Waals surface area contributed by atoms with Crippen molar-refractivity contribution < 1.29 is 4.79 Å². The maximum atomic E-state index is 12.5. The second-order valence-corrected chi connectivity index (χ2v) is 6.11. The summed E-state index contributed by atoms with van der Waals surface area (Å²) in [5.41, 5.74) is 1.58. The average molecular weight is 337 g/mol. The fourth-order valence-corrected chi connectivity index (χ4v) is 2.39. The maximum absolute atomic E-state index is 12.5. The van der Waals surface area contributed by atoms with Gasteiger partial charge in [0.05, 0.1) is 10.7 Å². The first-order chi connectivity index (χ1) is 10.5. The number of hydrogen-bond acceptors (Lipinski definition) is 1. The molecule has 0 aliphatic heterocycles. The Hall–Kier alpha value is -1.71. The average Bonchev–Trinajstić information content (AvgIpc) is 2.49. The molecule has 0 bridgehead atoms. The maximum Gasteiger partial charge on any atom is 0.322 e. The number of anilines is 1. The summed E-state index contributed by atoms with van der Waals surface area (Å²) >= 11 is 12.0. The Balaban J connectivity index is 2.15. The van der Waals surface area contributed by atoms with E-state index in [1.165, 1.54) is 0 Å². The molecule has 0 aliphatic rings. The number of nitrogens with one attached hydrogen (secondary N) is 1. The van der Waals surface area contributed by atoms with Gasteiger partial charge in [-0.3, -0.25) is 0 Å². The minimum atomic E-state index is -0.206. The van der Waals surface area contributed by atoms with Crippen LogP contribution in [0.4, 0.5) is 10.5 Å². The summed E-state index contributed by atoms with van der Waals surface area (Å²) in [5, 5.41) is 3.81. The van der Waals surface area contributed by atoms with Crippen molar-refractivity contribution in [2.45, 2.75) is 26.4 Å². The molecule has 0 spiro atoms. The number of rotatable bonds is 4. The SMILES string of the molecule is CC(C)N(Cc1ccccc1)C(=O)Nc1cc(Cl)ccc1Cl. The second kappa shape index (κ2) is 7.52. The van der Waals surface area contributed by atoms with Gasteiger partial charge >= 0.3 is 6.03 Å². The first-order valence-corrected chi connectivity index (χ1v) is 7.79. The highest BCUT2D eigenvalue weighted by molar-refractivity contribution is 6.35. The number of carbonyl (C=O) groups excluding carboxylic acids is 1. The molecular formula is C17H18Cl2N2O. The molecule has 22 heavy (non-hydrogen) atoms. The lowest BCUT2D eigenvalue weighted by molar-refractivity contribution is 0.193. The Morgan fingerprint density at radius 2 is 1.82 bits per heavy atom. The van der Waals surface area contributed by atoms with E-state index in [2.05, 4.69) is 5.32 Å². The van der Waals surface area contributed by atoms with Crippen LogP contribution in [0.3, 0.4) is 0 Å². The van der Waals surface area contributed by atoms with Crippen molar-refractivity contribution in [3.05, 3.63) is 64.1 Å². The molecule has 116 valence electrons. The molecule has 0 unspecified atom stereocenters. The third-order valence-electron chi connectivity index (χ3n) is 3.25. The number of benzene rings is 2. The third kappa shape index (κ3) is 4.39. The molecule has 2 aromatic rings. The fourth-order valence-electron chi connectivity index (χ4n) is 2.05. The molecule has 5 heteroatoms. The van der Waals surface area contributed by atoms with E-state index in [1.807, 2.05) is 44.2 Å². The van der Waals surface area contributed by atoms with Gasteiger partial charge in [0, 0.05) is 17.6 Å². The number of hydrogen-bond donors (Lipinski definition) is 1. The quantitative estimate of drug-likeness (QED) is 0.792. The van der Waals surface area contributed by atoms with Crippen LogP contribution in [0, 0.1) is 0 Å². The van der Waals surface area contributed by atoms with Crippen LogP contribution < -0.4 is 5.32 Å². The van der Waals surface area contributed by atoms with E-state index in [0.29, 0.717) is 22.3 Å². The predicted molar refractivity (Wildman–Crippen MR) is 92.6 cm³/mol. The van der Waals surface area contributed by atoms with Gasteiger partial charge in [0.2, 0.25) is 0 Å². The van der Waals surface area contributed by atoms with Crippen molar-refractivity contribution in [2.75, 3.05) is 5.32 Å². The number of urea groups is 1. The zero-order valence-electron chi connectivity index (χ0n) is 12.5. The van der Waals surface area contributed by atoms with E-state index in [4.69, 9.17) is 23.2 Å². The van der Waals surface area contributed by atoms with Gasteiger partial charge in [0.25, 0.3) is 0 Å². The van der Waals surface area contributed by atoms with Crippen LogP contribution >= 0.6 is 23.2 Å². The molecule has 0 aliphatic carbocycles. The van der Waals surface area contributed by atoms with Crippen LogP contribution in [0.15, 0.2) is 48.5 Å². The minimum Gasteiger partial charge on any atom is -0.318 e. The van der Waals surface area contributed by atoms with Crippen LogP contribution in [-0.4, -0.2) is 17.0 Å². The summed E-state index contributed by atoms with van der Waals surface area (Å²) in [6, 6.07) is 14.7. The Labute approximate surface area is 140 Å². The first-order valence-electron chi connectivity index (χ1n) is 7.04. The molecule has 0 heterocycles. The monoisotopic (exact) mass is 336 g/mol. The molecule has 0 fully saturated rings. The van der Waals surface area contributed by atoms with E-state index in [0.717, 1.165) is 5.56 Å². The van der Waals surface area contributed by atoms with Crippen molar-refractivity contribution >= 4 is 34.9 Å². The van der Waals surface area contributed by atoms with Crippen molar-refractivity contribution in [1.82, 2.24) is 4.90 Å². The molecule has 0 atom stereocenters. The van der Waals surface area contributed by atoms with Crippen molar-refractivity contribution in [2.24, 2.45) is 0 Å². The van der Waals surface area contributed by atoms with E-state index in [-0.39, 0.29) is 12.1 Å². The summed E-state index contributed by atoms with van der Waals surface area (Å²) in [5.74, 6) is 0. The van der Waals surface area contributed by atoms with Crippen LogP contribution in [-0.2, 0) is 6.54 Å². The van der Waals surface area contributed by atoms with Gasteiger partial charge < -0.3 is 10.2 Å². The first kappa shape index (κ1) is 16.7. The Bertz CT molecular complexity index is 644. The standard InChI is InChI=1S/C17H18Cl2N2O/c1-12(2)21(11-13-6-4-3-5-7-13)17(22)20-16-10-14(18)8-9-15(16)19/h3-10,12H,11H2,1-2H3,(H,20,22). The predicted octanol–water partition coefficient (Wildman–Crippen LogP) is 5.44. The molecule has 0 radical (unpaired) electrons. The molecule has 2 rings (SSSR count). The molecule has 3 nitrogen and oxygen atoms in total. The Morgan fingerprint density at radius 1 is 1.14 bits per heavy atom. The molecule has 2 amide bonds. The summed E-state index contributed by atoms with van der Waals surface area (Å²) in [7, 11) is 0. The van der Waals surface area contributed by atoms with Crippen molar-refractivity contribution in [3.8, 4) is 0 Å². The van der Waals surface area contributed by atoms with Crippen molar-refractivity contribution in [3.63, 3.8) is 0 Å². The van der Waals surface area contributed by atoms with Crippen LogP contribution in [0.1, 0.15) is 19.4 Å². The van der Waals surface area contributed by atoms with E-state index >= 15 is 0 Å². The highest BCUT2D eigenvalue weighted by Crippen LogP contribution is 2.26. The largest absolute Gasteiger partial charge is 0.322 e. The number of nitrogens with zero attached hydrogens (tertiary/aromatic N) is 1. The molecule has 1 N–H and O–H groups in total. The summed E-state index contributed by atoms with van der Waals surface area (Å²) < 4.78 is 0. The fraction of sp³-hybridized carbons (Fsp3) is 0.235. The smallest absolute Gasteiger partial charge is 0.318 e. The van der Waals surface area contributed by atoms with Crippen molar-refractivity contribution in [1.29, 1.82) is 0 Å². The summed E-state index contributed by atoms with van der Waals surface area (Å²) in [4.78, 5) is 14.3. The lowest BCUT2D eigenvalue weighted by Gasteiger charge is -2.27. The van der Waals surface area contributed by atoms with E-state index in [9.17, 15) is 4.79 Å². The lowest BCUT2D eigenvalue weighted by Crippen LogP contribution is -2.39. The third-order valence-corrected chi connectivity index (χ3v) is 3.81. The minimum absolute atomic E-state index is 0.0539. The van der Waals surface area contributed by atoms with Crippen LogP contribution in [0.5, 0.6) is 0 Å². The van der Waals surface area contributed by atoms with Gasteiger partial charge in [-0.2, -0.15) is 0 Å². The van der Waals surface area contributed by atoms with E-state index < -0.39 is 0 Å². The van der Waals surface area contributed by atoms with E-state index in [1.54, 1.807) is 23.1 Å². The molecule has 0 aromatic heterocycles. The second-order valence-electron chi connectivity index (χ2n) is 5.26. The van der Waals surface area contributed by atoms with Gasteiger partial charge in [0.15, 0.2) is 0 Å².